The van der Waals surface area contributed by atoms with Crippen LogP contribution in [0.1, 0.15) is 25.8 Å². The van der Waals surface area contributed by atoms with Gasteiger partial charge in [-0.25, -0.2) is 9.78 Å². The summed E-state index contributed by atoms with van der Waals surface area (Å²) < 4.78 is 5.42. The number of carbonyl (C=O) groups is 2. The molecule has 7 heteroatoms. The number of ether oxygens (including phenoxy) is 1. The predicted molar refractivity (Wildman–Crippen MR) is 85.6 cm³/mol. The number of nitrogens with zero attached hydrogens (tertiary/aromatic N) is 2. The minimum Gasteiger partial charge on any atom is -0.481 e. The Balaban J connectivity index is 2.12. The number of carboxylic acid groups (broad SMARTS) is 1. The van der Waals surface area contributed by atoms with E-state index in [1.807, 2.05) is 20.8 Å². The minimum atomic E-state index is -0.860. The third-order valence-electron chi connectivity index (χ3n) is 3.81. The third kappa shape index (κ3) is 4.34. The van der Waals surface area contributed by atoms with E-state index in [4.69, 9.17) is 4.74 Å². The standard InChI is InChI=1S/C16H23N3O4/c1-4-23-14-13(6-10(2)7-17-14)18-16(22)19-8-11(3)5-12(9-19)15(20)21/h6-7,11-12H,4-5,8-9H2,1-3H3,(H,18,22)(H,20,21). The van der Waals surface area contributed by atoms with Crippen LogP contribution in [-0.4, -0.2) is 46.7 Å². The fraction of sp³-hybridized carbons (Fsp3) is 0.562. The van der Waals surface area contributed by atoms with Crippen molar-refractivity contribution in [3.63, 3.8) is 0 Å². The van der Waals surface area contributed by atoms with Gasteiger partial charge in [-0.05, 0) is 37.8 Å². The molecule has 0 radical (unpaired) electrons. The van der Waals surface area contributed by atoms with Crippen LogP contribution in [0.15, 0.2) is 12.3 Å². The van der Waals surface area contributed by atoms with Crippen molar-refractivity contribution in [2.24, 2.45) is 11.8 Å². The number of urea groups is 1. The molecule has 1 aromatic heterocycles. The van der Waals surface area contributed by atoms with E-state index in [0.29, 0.717) is 31.1 Å². The normalized spacial score (nSPS) is 20.9. The van der Waals surface area contributed by atoms with Crippen molar-refractivity contribution < 1.29 is 19.4 Å². The second kappa shape index (κ2) is 7.30. The molecule has 2 unspecified atom stereocenters. The third-order valence-corrected chi connectivity index (χ3v) is 3.81. The first-order chi connectivity index (χ1) is 10.9. The Labute approximate surface area is 135 Å². The summed E-state index contributed by atoms with van der Waals surface area (Å²) in [7, 11) is 0. The van der Waals surface area contributed by atoms with Gasteiger partial charge in [0.05, 0.1) is 12.5 Å². The highest BCUT2D eigenvalue weighted by Gasteiger charge is 2.32. The summed E-state index contributed by atoms with van der Waals surface area (Å²) in [5.41, 5.74) is 1.40. The van der Waals surface area contributed by atoms with Crippen LogP contribution in [0.25, 0.3) is 0 Å². The van der Waals surface area contributed by atoms with Crippen LogP contribution in [0, 0.1) is 18.8 Å². The Hall–Kier alpha value is -2.31. The number of nitrogens with one attached hydrogen (secondary N) is 1. The highest BCUT2D eigenvalue weighted by Crippen LogP contribution is 2.25. The molecule has 7 nitrogen and oxygen atoms in total. The summed E-state index contributed by atoms with van der Waals surface area (Å²) in [5.74, 6) is -0.864. The SMILES string of the molecule is CCOc1ncc(C)cc1NC(=O)N1CC(C)CC(C(=O)O)C1. The molecule has 1 fully saturated rings. The molecule has 2 N–H and O–H groups in total. The Morgan fingerprint density at radius 1 is 1.48 bits per heavy atom. The lowest BCUT2D eigenvalue weighted by molar-refractivity contribution is -0.143. The molecular weight excluding hydrogens is 298 g/mol. The van der Waals surface area contributed by atoms with E-state index in [-0.39, 0.29) is 18.5 Å². The lowest BCUT2D eigenvalue weighted by Gasteiger charge is -2.34. The number of amides is 2. The topological polar surface area (TPSA) is 91.8 Å². The van der Waals surface area contributed by atoms with Crippen molar-refractivity contribution in [1.29, 1.82) is 0 Å². The number of rotatable bonds is 4. The number of hydrogen-bond acceptors (Lipinski definition) is 4. The summed E-state index contributed by atoms with van der Waals surface area (Å²) in [6.45, 7) is 6.88. The van der Waals surface area contributed by atoms with Gasteiger partial charge in [0.2, 0.25) is 5.88 Å². The van der Waals surface area contributed by atoms with Gasteiger partial charge < -0.3 is 20.1 Å². The fourth-order valence-electron chi connectivity index (χ4n) is 2.79. The molecular formula is C16H23N3O4. The van der Waals surface area contributed by atoms with Crippen molar-refractivity contribution in [2.75, 3.05) is 25.0 Å². The van der Waals surface area contributed by atoms with Gasteiger partial charge in [0, 0.05) is 19.3 Å². The first kappa shape index (κ1) is 17.1. The van der Waals surface area contributed by atoms with Crippen LogP contribution >= 0.6 is 0 Å². The Morgan fingerprint density at radius 2 is 2.22 bits per heavy atom. The average molecular weight is 321 g/mol. The number of hydrogen-bond donors (Lipinski definition) is 2. The maximum Gasteiger partial charge on any atom is 0.322 e. The Morgan fingerprint density at radius 3 is 2.87 bits per heavy atom. The van der Waals surface area contributed by atoms with Gasteiger partial charge in [-0.15, -0.1) is 0 Å². The summed E-state index contributed by atoms with van der Waals surface area (Å²) in [4.78, 5) is 29.4. The molecule has 0 bridgehead atoms. The number of likely N-dealkylation sites (tertiary alicyclic amines) is 1. The maximum absolute atomic E-state index is 12.5. The molecule has 1 aromatic rings. The zero-order valence-electron chi connectivity index (χ0n) is 13.7. The zero-order valence-corrected chi connectivity index (χ0v) is 13.7. The summed E-state index contributed by atoms with van der Waals surface area (Å²) in [5, 5.41) is 12.0. The van der Waals surface area contributed by atoms with Gasteiger partial charge in [-0.3, -0.25) is 4.79 Å². The molecule has 0 spiro atoms. The molecule has 126 valence electrons. The zero-order chi connectivity index (χ0) is 17.0. The molecule has 0 aliphatic carbocycles. The molecule has 2 atom stereocenters. The molecule has 1 saturated heterocycles. The van der Waals surface area contributed by atoms with Gasteiger partial charge in [0.15, 0.2) is 0 Å². The molecule has 0 aromatic carbocycles. The molecule has 23 heavy (non-hydrogen) atoms. The maximum atomic E-state index is 12.5. The number of carboxylic acids is 1. The van der Waals surface area contributed by atoms with Crippen LogP contribution in [-0.2, 0) is 4.79 Å². The largest absolute Gasteiger partial charge is 0.481 e. The predicted octanol–water partition coefficient (Wildman–Crippen LogP) is 2.36. The van der Waals surface area contributed by atoms with Crippen LogP contribution in [0.2, 0.25) is 0 Å². The monoisotopic (exact) mass is 321 g/mol. The van der Waals surface area contributed by atoms with E-state index in [0.717, 1.165) is 5.56 Å². The van der Waals surface area contributed by atoms with Crippen molar-refractivity contribution in [3.05, 3.63) is 17.8 Å². The second-order valence-corrected chi connectivity index (χ2v) is 6.01. The van der Waals surface area contributed by atoms with E-state index >= 15 is 0 Å². The van der Waals surface area contributed by atoms with E-state index in [9.17, 15) is 14.7 Å². The summed E-state index contributed by atoms with van der Waals surface area (Å²) in [6, 6.07) is 1.47. The Kier molecular flexibility index (Phi) is 5.41. The molecule has 1 aliphatic heterocycles. The van der Waals surface area contributed by atoms with Gasteiger partial charge in [-0.2, -0.15) is 0 Å². The first-order valence-electron chi connectivity index (χ1n) is 7.78. The van der Waals surface area contributed by atoms with E-state index in [1.54, 1.807) is 17.2 Å². The molecule has 2 heterocycles. The average Bonchev–Trinajstić information content (AvgIpc) is 2.49. The van der Waals surface area contributed by atoms with Crippen molar-refractivity contribution in [1.82, 2.24) is 9.88 Å². The van der Waals surface area contributed by atoms with Crippen molar-refractivity contribution >= 4 is 17.7 Å². The smallest absolute Gasteiger partial charge is 0.322 e. The summed E-state index contributed by atoms with van der Waals surface area (Å²) in [6.07, 6.45) is 2.26. The van der Waals surface area contributed by atoms with Gasteiger partial charge in [0.1, 0.15) is 5.69 Å². The molecule has 1 aliphatic rings. The van der Waals surface area contributed by atoms with Crippen LogP contribution in [0.4, 0.5) is 10.5 Å². The quantitative estimate of drug-likeness (QED) is 0.888. The number of aliphatic carboxylic acids is 1. The van der Waals surface area contributed by atoms with Crippen molar-refractivity contribution in [2.45, 2.75) is 27.2 Å². The van der Waals surface area contributed by atoms with Crippen LogP contribution in [0.3, 0.4) is 0 Å². The molecule has 0 saturated carbocycles. The van der Waals surface area contributed by atoms with Crippen LogP contribution in [0.5, 0.6) is 5.88 Å². The minimum absolute atomic E-state index is 0.151. The number of aryl methyl sites for hydroxylation is 1. The number of pyridine rings is 1. The highest BCUT2D eigenvalue weighted by atomic mass is 16.5. The Bertz CT molecular complexity index is 591. The molecule has 2 amide bonds. The fourth-order valence-corrected chi connectivity index (χ4v) is 2.79. The summed E-state index contributed by atoms with van der Waals surface area (Å²) >= 11 is 0. The van der Waals surface area contributed by atoms with E-state index < -0.39 is 11.9 Å². The van der Waals surface area contributed by atoms with Crippen molar-refractivity contribution in [3.8, 4) is 5.88 Å². The number of anilines is 1. The number of piperidine rings is 1. The second-order valence-electron chi connectivity index (χ2n) is 6.01. The van der Waals surface area contributed by atoms with Gasteiger partial charge in [0.25, 0.3) is 0 Å². The highest BCUT2D eigenvalue weighted by molar-refractivity contribution is 5.91. The first-order valence-corrected chi connectivity index (χ1v) is 7.78. The lowest BCUT2D eigenvalue weighted by Crippen LogP contribution is -2.47. The number of carbonyl (C=O) groups excluding carboxylic acids is 1. The van der Waals surface area contributed by atoms with E-state index in [1.165, 1.54) is 0 Å². The van der Waals surface area contributed by atoms with Gasteiger partial charge >= 0.3 is 12.0 Å². The van der Waals surface area contributed by atoms with E-state index in [2.05, 4.69) is 10.3 Å². The lowest BCUT2D eigenvalue weighted by atomic mass is 9.91. The van der Waals surface area contributed by atoms with Crippen LogP contribution < -0.4 is 10.1 Å². The van der Waals surface area contributed by atoms with Gasteiger partial charge in [-0.1, -0.05) is 6.92 Å². The number of aromatic nitrogens is 1. The molecule has 2 rings (SSSR count).